The molecular weight excluding hydrogens is 346 g/mol. The van der Waals surface area contributed by atoms with Crippen molar-refractivity contribution in [2.24, 2.45) is 0 Å². The molecule has 0 fully saturated rings. The molecule has 0 radical (unpaired) electrons. The van der Waals surface area contributed by atoms with Crippen LogP contribution in [0.5, 0.6) is 5.75 Å². The maximum atomic E-state index is 12.3. The Hall–Kier alpha value is -2.25. The zero-order valence-corrected chi connectivity index (χ0v) is 14.2. The summed E-state index contributed by atoms with van der Waals surface area (Å²) in [5.41, 5.74) is 2.09. The molecule has 132 valence electrons. The van der Waals surface area contributed by atoms with Gasteiger partial charge in [0.05, 0.1) is 4.88 Å². The van der Waals surface area contributed by atoms with E-state index in [0.717, 1.165) is 30.0 Å². The normalized spacial score (nSPS) is 14.3. The van der Waals surface area contributed by atoms with Gasteiger partial charge in [-0.2, -0.15) is 8.78 Å². The molecule has 0 saturated carbocycles. The van der Waals surface area contributed by atoms with E-state index in [-0.39, 0.29) is 11.7 Å². The summed E-state index contributed by atoms with van der Waals surface area (Å²) >= 11 is 1.37. The van der Waals surface area contributed by atoms with Gasteiger partial charge in [-0.25, -0.2) is 0 Å². The summed E-state index contributed by atoms with van der Waals surface area (Å²) < 4.78 is 28.7. The molecule has 1 aliphatic rings. The van der Waals surface area contributed by atoms with Gasteiger partial charge in [0.1, 0.15) is 5.75 Å². The number of nitrogens with one attached hydrogen (secondary N) is 2. The Kier molecular flexibility index (Phi) is 5.78. The van der Waals surface area contributed by atoms with Crippen molar-refractivity contribution >= 4 is 17.2 Å². The smallest absolute Gasteiger partial charge is 0.387 e. The molecule has 2 heterocycles. The number of carbonyl (C=O) groups is 1. The first kappa shape index (κ1) is 17.6. The van der Waals surface area contributed by atoms with Crippen LogP contribution in [-0.4, -0.2) is 32.2 Å². The first-order valence-electron chi connectivity index (χ1n) is 7.94. The van der Waals surface area contributed by atoms with Crippen molar-refractivity contribution < 1.29 is 18.3 Å². The predicted molar refractivity (Wildman–Crippen MR) is 94.3 cm³/mol. The first-order valence-corrected chi connectivity index (χ1v) is 8.75. The summed E-state index contributed by atoms with van der Waals surface area (Å²) in [6.45, 7) is -0.485. The summed E-state index contributed by atoms with van der Waals surface area (Å²) in [7, 11) is 0. The Morgan fingerprint density at radius 1 is 1.24 bits per heavy atom. The van der Waals surface area contributed by atoms with Gasteiger partial charge in [0.15, 0.2) is 0 Å². The van der Waals surface area contributed by atoms with Gasteiger partial charge in [0, 0.05) is 18.0 Å². The molecule has 2 N–H and O–H groups in total. The van der Waals surface area contributed by atoms with E-state index in [0.29, 0.717) is 11.4 Å². The number of hydrogen-bond donors (Lipinski definition) is 2. The summed E-state index contributed by atoms with van der Waals surface area (Å²) in [5, 5.41) is 6.17. The lowest BCUT2D eigenvalue weighted by Crippen LogP contribution is -2.29. The van der Waals surface area contributed by atoms with Crippen LogP contribution in [0.3, 0.4) is 0 Å². The fraction of sp³-hybridized carbons (Fsp3) is 0.278. The Morgan fingerprint density at radius 2 is 2.04 bits per heavy atom. The molecule has 7 heteroatoms. The van der Waals surface area contributed by atoms with Crippen molar-refractivity contribution in [1.29, 1.82) is 0 Å². The van der Waals surface area contributed by atoms with Crippen molar-refractivity contribution in [1.82, 2.24) is 10.6 Å². The van der Waals surface area contributed by atoms with Gasteiger partial charge in [-0.15, -0.1) is 11.3 Å². The molecule has 3 rings (SSSR count). The second kappa shape index (κ2) is 8.22. The third-order valence-electron chi connectivity index (χ3n) is 3.83. The molecule has 0 aliphatic carbocycles. The van der Waals surface area contributed by atoms with Crippen LogP contribution in [0, 0.1) is 0 Å². The second-order valence-electron chi connectivity index (χ2n) is 5.57. The van der Waals surface area contributed by atoms with Gasteiger partial charge in [0.2, 0.25) is 0 Å². The standard InChI is InChI=1S/C18H18F2N2O2S/c19-18(20)24-14-3-1-13(2-4-14)15-5-6-16(25-15)17(23)22-11-12-7-9-21-10-8-12/h1-7,18,21H,8-11H2,(H,22,23). The van der Waals surface area contributed by atoms with Crippen molar-refractivity contribution in [3.05, 3.63) is 52.9 Å². The van der Waals surface area contributed by atoms with Crippen LogP contribution < -0.4 is 15.4 Å². The maximum Gasteiger partial charge on any atom is 0.387 e. The molecule has 2 aromatic rings. The highest BCUT2D eigenvalue weighted by Crippen LogP contribution is 2.29. The Morgan fingerprint density at radius 3 is 2.72 bits per heavy atom. The van der Waals surface area contributed by atoms with Gasteiger partial charge in [-0.3, -0.25) is 4.79 Å². The lowest BCUT2D eigenvalue weighted by Gasteiger charge is -2.14. The fourth-order valence-electron chi connectivity index (χ4n) is 2.53. The van der Waals surface area contributed by atoms with E-state index in [1.807, 2.05) is 6.07 Å². The quantitative estimate of drug-likeness (QED) is 0.769. The SMILES string of the molecule is O=C(NCC1=CCNCC1)c1ccc(-c2ccc(OC(F)F)cc2)s1. The van der Waals surface area contributed by atoms with Crippen LogP contribution in [0.4, 0.5) is 8.78 Å². The van der Waals surface area contributed by atoms with E-state index >= 15 is 0 Å². The number of benzene rings is 1. The first-order chi connectivity index (χ1) is 12.1. The summed E-state index contributed by atoms with van der Waals surface area (Å²) in [5.74, 6) is 0.0110. The minimum atomic E-state index is -2.84. The van der Waals surface area contributed by atoms with E-state index in [1.54, 1.807) is 18.2 Å². The van der Waals surface area contributed by atoms with Crippen LogP contribution >= 0.6 is 11.3 Å². The molecular formula is C18H18F2N2O2S. The van der Waals surface area contributed by atoms with E-state index in [1.165, 1.54) is 29.0 Å². The van der Waals surface area contributed by atoms with Crippen LogP contribution in [0.25, 0.3) is 10.4 Å². The molecule has 0 spiro atoms. The van der Waals surface area contributed by atoms with Crippen LogP contribution in [0.2, 0.25) is 0 Å². The highest BCUT2D eigenvalue weighted by Gasteiger charge is 2.12. The van der Waals surface area contributed by atoms with E-state index in [9.17, 15) is 13.6 Å². The van der Waals surface area contributed by atoms with Crippen LogP contribution in [-0.2, 0) is 0 Å². The highest BCUT2D eigenvalue weighted by atomic mass is 32.1. The lowest BCUT2D eigenvalue weighted by atomic mass is 10.1. The van der Waals surface area contributed by atoms with Gasteiger partial charge in [0.25, 0.3) is 5.91 Å². The predicted octanol–water partition coefficient (Wildman–Crippen LogP) is 3.67. The summed E-state index contributed by atoms with van der Waals surface area (Å²) in [6, 6.07) is 10.0. The van der Waals surface area contributed by atoms with Crippen LogP contribution in [0.1, 0.15) is 16.1 Å². The largest absolute Gasteiger partial charge is 0.435 e. The van der Waals surface area contributed by atoms with Gasteiger partial charge in [-0.1, -0.05) is 11.6 Å². The third kappa shape index (κ3) is 4.87. The van der Waals surface area contributed by atoms with Crippen molar-refractivity contribution in [2.45, 2.75) is 13.0 Å². The number of thiophene rings is 1. The molecule has 4 nitrogen and oxygen atoms in total. The number of halogens is 2. The van der Waals surface area contributed by atoms with Gasteiger partial charge < -0.3 is 15.4 Å². The molecule has 0 bridgehead atoms. The van der Waals surface area contributed by atoms with Gasteiger partial charge >= 0.3 is 6.61 Å². The average Bonchev–Trinajstić information content (AvgIpc) is 3.11. The number of alkyl halides is 2. The number of ether oxygens (including phenoxy) is 1. The Bertz CT molecular complexity index is 757. The molecule has 0 saturated heterocycles. The number of amides is 1. The fourth-order valence-corrected chi connectivity index (χ4v) is 3.45. The molecule has 1 aromatic carbocycles. The summed E-state index contributed by atoms with van der Waals surface area (Å²) in [4.78, 5) is 13.8. The lowest BCUT2D eigenvalue weighted by molar-refractivity contribution is -0.0498. The number of carbonyl (C=O) groups excluding carboxylic acids is 1. The maximum absolute atomic E-state index is 12.3. The zero-order chi connectivity index (χ0) is 17.6. The van der Waals surface area contributed by atoms with E-state index in [2.05, 4.69) is 21.4 Å². The molecule has 1 aliphatic heterocycles. The third-order valence-corrected chi connectivity index (χ3v) is 4.96. The topological polar surface area (TPSA) is 50.4 Å². The average molecular weight is 364 g/mol. The van der Waals surface area contributed by atoms with Crippen molar-refractivity contribution in [2.75, 3.05) is 19.6 Å². The molecule has 1 aromatic heterocycles. The number of rotatable bonds is 6. The molecule has 1 amide bonds. The van der Waals surface area contributed by atoms with E-state index < -0.39 is 6.61 Å². The van der Waals surface area contributed by atoms with Gasteiger partial charge in [-0.05, 0) is 54.9 Å². The Labute approximate surface area is 148 Å². The van der Waals surface area contributed by atoms with E-state index in [4.69, 9.17) is 0 Å². The molecule has 0 atom stereocenters. The second-order valence-corrected chi connectivity index (χ2v) is 6.65. The molecule has 0 unspecified atom stereocenters. The highest BCUT2D eigenvalue weighted by molar-refractivity contribution is 7.17. The molecule has 25 heavy (non-hydrogen) atoms. The van der Waals surface area contributed by atoms with Crippen LogP contribution in [0.15, 0.2) is 48.0 Å². The number of hydrogen-bond acceptors (Lipinski definition) is 4. The minimum absolute atomic E-state index is 0.103. The van der Waals surface area contributed by atoms with Crippen molar-refractivity contribution in [3.8, 4) is 16.2 Å². The zero-order valence-electron chi connectivity index (χ0n) is 13.4. The minimum Gasteiger partial charge on any atom is -0.435 e. The van der Waals surface area contributed by atoms with Crippen molar-refractivity contribution in [3.63, 3.8) is 0 Å². The Balaban J connectivity index is 1.61. The summed E-state index contributed by atoms with van der Waals surface area (Å²) in [6.07, 6.45) is 3.05. The monoisotopic (exact) mass is 364 g/mol.